The second-order valence-corrected chi connectivity index (χ2v) is 1.88. The molecule has 2 nitrogen and oxygen atoms in total. The molecule has 1 aliphatic carbocycles. The van der Waals surface area contributed by atoms with Gasteiger partial charge in [0, 0.05) is 12.3 Å². The van der Waals surface area contributed by atoms with E-state index in [1.165, 1.54) is 0 Å². The van der Waals surface area contributed by atoms with Crippen LogP contribution < -0.4 is 0 Å². The molecule has 1 fully saturated rings. The fourth-order valence-electron chi connectivity index (χ4n) is 0.659. The van der Waals surface area contributed by atoms with Crippen LogP contribution in [0.15, 0.2) is 0 Å². The van der Waals surface area contributed by atoms with Crippen LogP contribution in [0.1, 0.15) is 12.8 Å². The maximum absolute atomic E-state index is 10.3. The Morgan fingerprint density at radius 2 is 2.57 bits per heavy atom. The molecule has 0 aromatic heterocycles. The minimum Gasteiger partial charge on any atom is -0.396 e. The summed E-state index contributed by atoms with van der Waals surface area (Å²) >= 11 is 0. The number of aliphatic hydroxyl groups is 1. The highest BCUT2D eigenvalue weighted by Gasteiger charge is 2.26. The first kappa shape index (κ1) is 4.78. The normalized spacial score (nSPS) is 29.9. The largest absolute Gasteiger partial charge is 0.396 e. The predicted octanol–water partition coefficient (Wildman–Crippen LogP) is -0.0422. The number of hydrogen-bond donors (Lipinski definition) is 1. The SMILES string of the molecule is O=C1CC[C@@H]1CO. The molecule has 1 aliphatic rings. The molecule has 0 saturated heterocycles. The number of carbonyl (C=O) groups excluding carboxylic acids is 1. The van der Waals surface area contributed by atoms with Gasteiger partial charge in [-0.25, -0.2) is 0 Å². The minimum absolute atomic E-state index is 0.000000000000000222. The lowest BCUT2D eigenvalue weighted by Crippen LogP contribution is -2.28. The summed E-state index contributed by atoms with van der Waals surface area (Å²) in [5.41, 5.74) is 0. The van der Waals surface area contributed by atoms with Crippen molar-refractivity contribution in [1.82, 2.24) is 0 Å². The Hall–Kier alpha value is -0.370. The fourth-order valence-corrected chi connectivity index (χ4v) is 0.659. The summed E-state index contributed by atoms with van der Waals surface area (Å²) in [6.07, 6.45) is 1.58. The number of aliphatic hydroxyl groups excluding tert-OH is 1. The van der Waals surface area contributed by atoms with Crippen LogP contribution in [-0.4, -0.2) is 17.5 Å². The molecule has 7 heavy (non-hydrogen) atoms. The highest BCUT2D eigenvalue weighted by atomic mass is 16.3. The number of ketones is 1. The van der Waals surface area contributed by atoms with Gasteiger partial charge in [0.1, 0.15) is 5.78 Å². The van der Waals surface area contributed by atoms with E-state index in [4.69, 9.17) is 5.11 Å². The predicted molar refractivity (Wildman–Crippen MR) is 24.8 cm³/mol. The van der Waals surface area contributed by atoms with Crippen molar-refractivity contribution in [2.45, 2.75) is 12.8 Å². The van der Waals surface area contributed by atoms with Gasteiger partial charge >= 0.3 is 0 Å². The van der Waals surface area contributed by atoms with E-state index in [0.29, 0.717) is 6.42 Å². The number of carbonyl (C=O) groups is 1. The molecule has 1 saturated carbocycles. The summed E-state index contributed by atoms with van der Waals surface area (Å²) in [6.45, 7) is 0.0544. The Labute approximate surface area is 42.1 Å². The van der Waals surface area contributed by atoms with Gasteiger partial charge in [-0.1, -0.05) is 0 Å². The molecule has 0 bridgehead atoms. The van der Waals surface area contributed by atoms with Crippen molar-refractivity contribution in [2.75, 3.05) is 6.61 Å². The summed E-state index contributed by atoms with van der Waals surface area (Å²) < 4.78 is 0. The van der Waals surface area contributed by atoms with E-state index in [1.807, 2.05) is 0 Å². The molecule has 0 unspecified atom stereocenters. The van der Waals surface area contributed by atoms with E-state index in [2.05, 4.69) is 0 Å². The van der Waals surface area contributed by atoms with E-state index < -0.39 is 0 Å². The van der Waals surface area contributed by atoms with Crippen LogP contribution in [0.5, 0.6) is 0 Å². The fraction of sp³-hybridized carbons (Fsp3) is 0.800. The lowest BCUT2D eigenvalue weighted by Gasteiger charge is -2.20. The second kappa shape index (κ2) is 1.62. The molecule has 0 radical (unpaired) electrons. The summed E-state index contributed by atoms with van der Waals surface area (Å²) in [4.78, 5) is 10.3. The van der Waals surface area contributed by atoms with Crippen molar-refractivity contribution in [3.8, 4) is 0 Å². The van der Waals surface area contributed by atoms with Crippen molar-refractivity contribution in [3.05, 3.63) is 0 Å². The van der Waals surface area contributed by atoms with Crippen LogP contribution in [-0.2, 0) is 4.79 Å². The lowest BCUT2D eigenvalue weighted by atomic mass is 9.85. The van der Waals surface area contributed by atoms with Crippen LogP contribution in [0.4, 0.5) is 0 Å². The molecule has 0 aromatic rings. The van der Waals surface area contributed by atoms with Crippen molar-refractivity contribution in [3.63, 3.8) is 0 Å². The first-order chi connectivity index (χ1) is 3.34. The molecule has 1 rings (SSSR count). The molecule has 0 aromatic carbocycles. The van der Waals surface area contributed by atoms with Crippen LogP contribution in [0, 0.1) is 5.92 Å². The third kappa shape index (κ3) is 0.657. The average Bonchev–Trinajstić information content (AvgIpc) is 1.65. The maximum Gasteiger partial charge on any atom is 0.138 e. The summed E-state index contributed by atoms with van der Waals surface area (Å²) in [6, 6.07) is 0. The Balaban J connectivity index is 2.29. The van der Waals surface area contributed by atoms with Crippen LogP contribution in [0.3, 0.4) is 0 Å². The van der Waals surface area contributed by atoms with Gasteiger partial charge in [0.2, 0.25) is 0 Å². The summed E-state index contributed by atoms with van der Waals surface area (Å²) in [5.74, 6) is 0.225. The van der Waals surface area contributed by atoms with Gasteiger partial charge in [-0.15, -0.1) is 0 Å². The Morgan fingerprint density at radius 3 is 2.57 bits per heavy atom. The van der Waals surface area contributed by atoms with Gasteiger partial charge < -0.3 is 5.11 Å². The highest BCUT2D eigenvalue weighted by molar-refractivity contribution is 5.86. The smallest absolute Gasteiger partial charge is 0.138 e. The first-order valence-electron chi connectivity index (χ1n) is 2.48. The van der Waals surface area contributed by atoms with E-state index in [1.54, 1.807) is 0 Å². The molecule has 2 heteroatoms. The Morgan fingerprint density at radius 1 is 1.86 bits per heavy atom. The van der Waals surface area contributed by atoms with E-state index in [0.717, 1.165) is 6.42 Å². The van der Waals surface area contributed by atoms with E-state index >= 15 is 0 Å². The maximum atomic E-state index is 10.3. The van der Waals surface area contributed by atoms with Crippen molar-refractivity contribution >= 4 is 5.78 Å². The molecule has 0 amide bonds. The van der Waals surface area contributed by atoms with E-state index in [-0.39, 0.29) is 18.3 Å². The van der Waals surface area contributed by atoms with E-state index in [9.17, 15) is 4.79 Å². The van der Waals surface area contributed by atoms with Crippen LogP contribution in [0.2, 0.25) is 0 Å². The van der Waals surface area contributed by atoms with Crippen molar-refractivity contribution in [1.29, 1.82) is 0 Å². The van der Waals surface area contributed by atoms with Gasteiger partial charge in [-0.3, -0.25) is 4.79 Å². The average molecular weight is 100 g/mol. The van der Waals surface area contributed by atoms with Crippen LogP contribution in [0.25, 0.3) is 0 Å². The third-order valence-corrected chi connectivity index (χ3v) is 1.41. The van der Waals surface area contributed by atoms with Crippen LogP contribution >= 0.6 is 0 Å². The zero-order valence-electron chi connectivity index (χ0n) is 4.05. The molecule has 1 N–H and O–H groups in total. The number of Topliss-reactive ketones (excluding diaryl/α,β-unsaturated/α-hetero) is 1. The van der Waals surface area contributed by atoms with Gasteiger partial charge in [0.05, 0.1) is 6.61 Å². The summed E-state index contributed by atoms with van der Waals surface area (Å²) in [7, 11) is 0. The zero-order valence-corrected chi connectivity index (χ0v) is 4.05. The molecular formula is C5H8O2. The van der Waals surface area contributed by atoms with Gasteiger partial charge in [-0.05, 0) is 6.42 Å². The minimum atomic E-state index is -0.000000000000000222. The Bertz CT molecular complexity index is 86.1. The third-order valence-electron chi connectivity index (χ3n) is 1.41. The summed E-state index contributed by atoms with van der Waals surface area (Å²) in [5, 5.41) is 8.34. The standard InChI is InChI=1S/C5H8O2/c6-3-4-1-2-5(4)7/h4,6H,1-3H2/t4-/m1/s1. The highest BCUT2D eigenvalue weighted by Crippen LogP contribution is 2.20. The zero-order chi connectivity index (χ0) is 5.28. The molecule has 0 aliphatic heterocycles. The van der Waals surface area contributed by atoms with Gasteiger partial charge in [0.15, 0.2) is 0 Å². The second-order valence-electron chi connectivity index (χ2n) is 1.88. The molecular weight excluding hydrogens is 92.1 g/mol. The monoisotopic (exact) mass is 100 g/mol. The number of rotatable bonds is 1. The van der Waals surface area contributed by atoms with Crippen molar-refractivity contribution in [2.24, 2.45) is 5.92 Å². The number of hydrogen-bond acceptors (Lipinski definition) is 2. The molecule has 0 spiro atoms. The van der Waals surface area contributed by atoms with Gasteiger partial charge in [0.25, 0.3) is 0 Å². The topological polar surface area (TPSA) is 37.3 Å². The first-order valence-corrected chi connectivity index (χ1v) is 2.48. The Kier molecular flexibility index (Phi) is 1.11. The molecule has 0 heterocycles. The van der Waals surface area contributed by atoms with Gasteiger partial charge in [-0.2, -0.15) is 0 Å². The quantitative estimate of drug-likeness (QED) is 0.502. The molecule has 1 atom stereocenters. The lowest BCUT2D eigenvalue weighted by molar-refractivity contribution is -0.130. The van der Waals surface area contributed by atoms with Crippen molar-refractivity contribution < 1.29 is 9.90 Å². The molecule has 40 valence electrons.